The van der Waals surface area contributed by atoms with Crippen LogP contribution in [0.2, 0.25) is 0 Å². The number of carbonyl (C=O) groups is 3. The molecular formula is C23H29N3O5. The van der Waals surface area contributed by atoms with Crippen LogP contribution in [0.25, 0.3) is 0 Å². The highest BCUT2D eigenvalue weighted by Gasteiger charge is 2.21. The zero-order valence-corrected chi connectivity index (χ0v) is 18.1. The van der Waals surface area contributed by atoms with Gasteiger partial charge in [-0.25, -0.2) is 0 Å². The van der Waals surface area contributed by atoms with Gasteiger partial charge in [0, 0.05) is 12.2 Å². The van der Waals surface area contributed by atoms with Gasteiger partial charge in [-0.3, -0.25) is 14.4 Å². The van der Waals surface area contributed by atoms with Gasteiger partial charge >= 0.3 is 0 Å². The fraction of sp³-hybridized carbons (Fsp3) is 0.348. The molecule has 0 aromatic heterocycles. The largest absolute Gasteiger partial charge is 0.497 e. The van der Waals surface area contributed by atoms with Crippen molar-refractivity contribution in [2.45, 2.75) is 19.8 Å². The Kier molecular flexibility index (Phi) is 9.35. The molecule has 2 N–H and O–H groups in total. The van der Waals surface area contributed by atoms with E-state index < -0.39 is 5.91 Å². The van der Waals surface area contributed by atoms with E-state index in [0.717, 1.165) is 12.8 Å². The standard InChI is InChI=1S/C23H29N3O5/c1-4-5-14-26(23(29)19-8-6-7-9-20(19)31-3)16-22(28)24-15-21(27)25-17-10-12-18(30-2)13-11-17/h6-13H,4-5,14-16H2,1-3H3,(H,24,28)(H,25,27). The van der Waals surface area contributed by atoms with Crippen molar-refractivity contribution in [3.05, 3.63) is 54.1 Å². The molecule has 3 amide bonds. The van der Waals surface area contributed by atoms with Crippen molar-refractivity contribution in [2.24, 2.45) is 0 Å². The maximum absolute atomic E-state index is 13.0. The number of para-hydroxylation sites is 1. The fourth-order valence-electron chi connectivity index (χ4n) is 2.88. The summed E-state index contributed by atoms with van der Waals surface area (Å²) in [6.45, 7) is 2.09. The summed E-state index contributed by atoms with van der Waals surface area (Å²) < 4.78 is 10.3. The number of rotatable bonds is 11. The molecule has 0 aliphatic heterocycles. The van der Waals surface area contributed by atoms with Crippen molar-refractivity contribution >= 4 is 23.4 Å². The average molecular weight is 428 g/mol. The molecule has 31 heavy (non-hydrogen) atoms. The summed E-state index contributed by atoms with van der Waals surface area (Å²) in [4.78, 5) is 39.0. The molecule has 0 aliphatic rings. The second-order valence-electron chi connectivity index (χ2n) is 6.83. The molecule has 0 saturated heterocycles. The summed E-state index contributed by atoms with van der Waals surface area (Å²) >= 11 is 0. The number of unbranched alkanes of at least 4 members (excludes halogenated alkanes) is 1. The lowest BCUT2D eigenvalue weighted by Crippen LogP contribution is -2.43. The predicted molar refractivity (Wildman–Crippen MR) is 118 cm³/mol. The van der Waals surface area contributed by atoms with E-state index in [0.29, 0.717) is 29.3 Å². The Balaban J connectivity index is 1.93. The highest BCUT2D eigenvalue weighted by atomic mass is 16.5. The molecule has 8 heteroatoms. The topological polar surface area (TPSA) is 97.0 Å². The number of anilines is 1. The zero-order chi connectivity index (χ0) is 22.6. The Morgan fingerprint density at radius 2 is 1.65 bits per heavy atom. The van der Waals surface area contributed by atoms with Crippen molar-refractivity contribution in [2.75, 3.05) is 39.2 Å². The second-order valence-corrected chi connectivity index (χ2v) is 6.83. The highest BCUT2D eigenvalue weighted by Crippen LogP contribution is 2.19. The molecule has 0 unspecified atom stereocenters. The first-order valence-electron chi connectivity index (χ1n) is 10.1. The first-order valence-corrected chi connectivity index (χ1v) is 10.1. The average Bonchev–Trinajstić information content (AvgIpc) is 2.80. The van der Waals surface area contributed by atoms with E-state index in [1.165, 1.54) is 12.0 Å². The van der Waals surface area contributed by atoms with Gasteiger partial charge in [0.05, 0.1) is 32.9 Å². The van der Waals surface area contributed by atoms with Gasteiger partial charge in [0.1, 0.15) is 11.5 Å². The molecular weight excluding hydrogens is 398 g/mol. The quantitative estimate of drug-likeness (QED) is 0.575. The SMILES string of the molecule is CCCCN(CC(=O)NCC(=O)Nc1ccc(OC)cc1)C(=O)c1ccccc1OC. The van der Waals surface area contributed by atoms with Crippen molar-refractivity contribution in [3.63, 3.8) is 0 Å². The summed E-state index contributed by atoms with van der Waals surface area (Å²) in [6, 6.07) is 13.8. The van der Waals surface area contributed by atoms with Crippen LogP contribution in [0.3, 0.4) is 0 Å². The van der Waals surface area contributed by atoms with Crippen molar-refractivity contribution < 1.29 is 23.9 Å². The molecule has 2 rings (SSSR count). The van der Waals surface area contributed by atoms with E-state index in [-0.39, 0.29) is 24.9 Å². The van der Waals surface area contributed by atoms with E-state index in [1.807, 2.05) is 6.92 Å². The lowest BCUT2D eigenvalue weighted by atomic mass is 10.1. The lowest BCUT2D eigenvalue weighted by Gasteiger charge is -2.23. The third-order valence-electron chi connectivity index (χ3n) is 4.56. The van der Waals surface area contributed by atoms with Crippen LogP contribution in [0.1, 0.15) is 30.1 Å². The van der Waals surface area contributed by atoms with Gasteiger partial charge in [-0.1, -0.05) is 25.5 Å². The molecule has 8 nitrogen and oxygen atoms in total. The Morgan fingerprint density at radius 3 is 2.29 bits per heavy atom. The molecule has 2 aromatic rings. The van der Waals surface area contributed by atoms with Gasteiger partial charge in [0.2, 0.25) is 11.8 Å². The van der Waals surface area contributed by atoms with Crippen LogP contribution < -0.4 is 20.1 Å². The monoisotopic (exact) mass is 427 g/mol. The highest BCUT2D eigenvalue weighted by molar-refractivity contribution is 5.99. The number of hydrogen-bond acceptors (Lipinski definition) is 5. The number of ether oxygens (including phenoxy) is 2. The van der Waals surface area contributed by atoms with Crippen LogP contribution in [0, 0.1) is 0 Å². The molecule has 166 valence electrons. The molecule has 0 radical (unpaired) electrons. The second kappa shape index (κ2) is 12.2. The van der Waals surface area contributed by atoms with Crippen LogP contribution >= 0.6 is 0 Å². The van der Waals surface area contributed by atoms with Crippen LogP contribution in [0.15, 0.2) is 48.5 Å². The van der Waals surface area contributed by atoms with Gasteiger partial charge < -0.3 is 25.0 Å². The van der Waals surface area contributed by atoms with Crippen LogP contribution in [-0.2, 0) is 9.59 Å². The maximum atomic E-state index is 13.0. The molecule has 0 spiro atoms. The summed E-state index contributed by atoms with van der Waals surface area (Å²) in [5.74, 6) is 0.0640. The Hall–Kier alpha value is -3.55. The van der Waals surface area contributed by atoms with E-state index >= 15 is 0 Å². The summed E-state index contributed by atoms with van der Waals surface area (Å²) in [5, 5.41) is 5.26. The number of amides is 3. The number of hydrogen-bond donors (Lipinski definition) is 2. The number of nitrogens with one attached hydrogen (secondary N) is 2. The first-order chi connectivity index (χ1) is 15.0. The molecule has 0 aliphatic carbocycles. The van der Waals surface area contributed by atoms with Crippen LogP contribution in [0.5, 0.6) is 11.5 Å². The number of benzene rings is 2. The Labute approximate surface area is 182 Å². The van der Waals surface area contributed by atoms with E-state index in [4.69, 9.17) is 9.47 Å². The van der Waals surface area contributed by atoms with E-state index in [1.54, 1.807) is 55.6 Å². The minimum Gasteiger partial charge on any atom is -0.497 e. The number of nitrogens with zero attached hydrogens (tertiary/aromatic N) is 1. The van der Waals surface area contributed by atoms with Gasteiger partial charge in [0.15, 0.2) is 0 Å². The van der Waals surface area contributed by atoms with E-state index in [9.17, 15) is 14.4 Å². The van der Waals surface area contributed by atoms with Crippen LogP contribution in [0.4, 0.5) is 5.69 Å². The Bertz CT molecular complexity index is 883. The summed E-state index contributed by atoms with van der Waals surface area (Å²) in [6.07, 6.45) is 1.63. The summed E-state index contributed by atoms with van der Waals surface area (Å²) in [7, 11) is 3.06. The minimum atomic E-state index is -0.413. The van der Waals surface area contributed by atoms with Gasteiger partial charge in [-0.05, 0) is 42.8 Å². The third kappa shape index (κ3) is 7.33. The van der Waals surface area contributed by atoms with Crippen molar-refractivity contribution in [3.8, 4) is 11.5 Å². The van der Waals surface area contributed by atoms with Gasteiger partial charge in [0.25, 0.3) is 5.91 Å². The lowest BCUT2D eigenvalue weighted by molar-refractivity contribution is -0.124. The number of methoxy groups -OCH3 is 2. The fourth-order valence-corrected chi connectivity index (χ4v) is 2.88. The van der Waals surface area contributed by atoms with Crippen molar-refractivity contribution in [1.29, 1.82) is 0 Å². The normalized spacial score (nSPS) is 10.2. The Morgan fingerprint density at radius 1 is 0.935 bits per heavy atom. The molecule has 0 fully saturated rings. The maximum Gasteiger partial charge on any atom is 0.258 e. The molecule has 0 saturated carbocycles. The zero-order valence-electron chi connectivity index (χ0n) is 18.1. The summed E-state index contributed by atoms with van der Waals surface area (Å²) in [5.41, 5.74) is 0.988. The third-order valence-corrected chi connectivity index (χ3v) is 4.56. The predicted octanol–water partition coefficient (Wildman–Crippen LogP) is 2.70. The van der Waals surface area contributed by atoms with Crippen LogP contribution in [-0.4, -0.2) is 56.5 Å². The minimum absolute atomic E-state index is 0.146. The molecule has 0 atom stereocenters. The molecule has 0 heterocycles. The first kappa shape index (κ1) is 23.7. The molecule has 2 aromatic carbocycles. The van der Waals surface area contributed by atoms with Gasteiger partial charge in [-0.15, -0.1) is 0 Å². The smallest absolute Gasteiger partial charge is 0.258 e. The number of carbonyl (C=O) groups excluding carboxylic acids is 3. The van der Waals surface area contributed by atoms with Gasteiger partial charge in [-0.2, -0.15) is 0 Å². The molecule has 0 bridgehead atoms. The van der Waals surface area contributed by atoms with E-state index in [2.05, 4.69) is 10.6 Å². The van der Waals surface area contributed by atoms with Crippen molar-refractivity contribution in [1.82, 2.24) is 10.2 Å².